The van der Waals surface area contributed by atoms with Crippen molar-refractivity contribution in [2.24, 2.45) is 5.41 Å². The van der Waals surface area contributed by atoms with E-state index in [-0.39, 0.29) is 11.5 Å². The molecule has 5 nitrogen and oxygen atoms in total. The molecule has 0 saturated heterocycles. The summed E-state index contributed by atoms with van der Waals surface area (Å²) in [5, 5.41) is 22.6. The number of ether oxygens (including phenoxy) is 1. The minimum absolute atomic E-state index is 0.0957. The molecule has 0 unspecified atom stereocenters. The first-order chi connectivity index (χ1) is 9.43. The Bertz CT molecular complexity index is 507. The van der Waals surface area contributed by atoms with E-state index in [0.717, 1.165) is 5.69 Å². The fourth-order valence-corrected chi connectivity index (χ4v) is 2.57. The van der Waals surface area contributed by atoms with Gasteiger partial charge in [0.1, 0.15) is 11.8 Å². The van der Waals surface area contributed by atoms with E-state index < -0.39 is 5.60 Å². The Hall–Kier alpha value is -1.64. The second-order valence-electron chi connectivity index (χ2n) is 5.80. The number of aliphatic hydroxyl groups is 1. The molecule has 0 amide bonds. The van der Waals surface area contributed by atoms with E-state index >= 15 is 0 Å². The number of anilines is 1. The predicted molar refractivity (Wildman–Crippen MR) is 76.2 cm³/mol. The molecule has 1 aromatic heterocycles. The first kappa shape index (κ1) is 14.8. The first-order valence-corrected chi connectivity index (χ1v) is 6.87. The summed E-state index contributed by atoms with van der Waals surface area (Å²) in [5.74, 6) is 0. The molecule has 108 valence electrons. The topological polar surface area (TPSA) is 78.2 Å². The van der Waals surface area contributed by atoms with Crippen LogP contribution in [-0.4, -0.2) is 34.9 Å². The average molecular weight is 275 g/mol. The molecule has 2 atom stereocenters. The van der Waals surface area contributed by atoms with Crippen molar-refractivity contribution in [3.05, 3.63) is 24.0 Å². The van der Waals surface area contributed by atoms with Crippen molar-refractivity contribution in [3.8, 4) is 6.07 Å². The summed E-state index contributed by atoms with van der Waals surface area (Å²) in [6.07, 6.45) is 2.33. The molecule has 1 aliphatic carbocycles. The fourth-order valence-electron chi connectivity index (χ4n) is 2.57. The highest BCUT2D eigenvalue weighted by molar-refractivity contribution is 5.43. The quantitative estimate of drug-likeness (QED) is 0.858. The van der Waals surface area contributed by atoms with E-state index in [1.165, 1.54) is 0 Å². The van der Waals surface area contributed by atoms with Crippen LogP contribution >= 0.6 is 0 Å². The lowest BCUT2D eigenvalue weighted by Crippen LogP contribution is -2.67. The van der Waals surface area contributed by atoms with Crippen LogP contribution in [0.4, 0.5) is 5.69 Å². The highest BCUT2D eigenvalue weighted by Crippen LogP contribution is 2.51. The molecule has 20 heavy (non-hydrogen) atoms. The maximum Gasteiger partial charge on any atom is 0.140 e. The minimum atomic E-state index is -0.791. The summed E-state index contributed by atoms with van der Waals surface area (Å²) in [4.78, 5) is 3.99. The van der Waals surface area contributed by atoms with E-state index in [9.17, 15) is 5.11 Å². The van der Waals surface area contributed by atoms with Crippen molar-refractivity contribution in [1.29, 1.82) is 5.26 Å². The maximum atomic E-state index is 10.7. The number of pyridine rings is 1. The summed E-state index contributed by atoms with van der Waals surface area (Å²) in [6, 6.07) is 5.42. The molecule has 0 bridgehead atoms. The molecule has 2 rings (SSSR count). The van der Waals surface area contributed by atoms with Crippen LogP contribution in [0.15, 0.2) is 18.3 Å². The van der Waals surface area contributed by atoms with Gasteiger partial charge in [-0.25, -0.2) is 4.98 Å². The number of hydrogen-bond donors (Lipinski definition) is 2. The maximum absolute atomic E-state index is 10.7. The lowest BCUT2D eigenvalue weighted by Gasteiger charge is -2.58. The van der Waals surface area contributed by atoms with Gasteiger partial charge in [-0.3, -0.25) is 0 Å². The van der Waals surface area contributed by atoms with Gasteiger partial charge in [0, 0.05) is 25.0 Å². The molecule has 1 aromatic rings. The van der Waals surface area contributed by atoms with Crippen LogP contribution in [0, 0.1) is 16.7 Å². The van der Waals surface area contributed by atoms with Gasteiger partial charge in [-0.05, 0) is 19.1 Å². The molecular weight excluding hydrogens is 254 g/mol. The number of nitriles is 1. The fraction of sp³-hybridized carbons (Fsp3) is 0.600. The van der Waals surface area contributed by atoms with Gasteiger partial charge in [0.15, 0.2) is 0 Å². The van der Waals surface area contributed by atoms with Crippen LogP contribution in [0.5, 0.6) is 0 Å². The molecular formula is C15H21N3O2. The van der Waals surface area contributed by atoms with Crippen molar-refractivity contribution in [3.63, 3.8) is 0 Å². The van der Waals surface area contributed by atoms with E-state index in [1.807, 2.05) is 26.8 Å². The number of rotatable bonds is 5. The van der Waals surface area contributed by atoms with Gasteiger partial charge >= 0.3 is 0 Å². The zero-order valence-corrected chi connectivity index (χ0v) is 12.2. The number of nitrogens with one attached hydrogen (secondary N) is 1. The second-order valence-corrected chi connectivity index (χ2v) is 5.80. The third-order valence-corrected chi connectivity index (χ3v) is 4.36. The normalized spacial score (nSPS) is 27.4. The van der Waals surface area contributed by atoms with Crippen LogP contribution in [0.1, 0.15) is 32.9 Å². The molecule has 5 heteroatoms. The summed E-state index contributed by atoms with van der Waals surface area (Å²) < 4.78 is 5.63. The third kappa shape index (κ3) is 2.49. The van der Waals surface area contributed by atoms with Crippen LogP contribution in [0.3, 0.4) is 0 Å². The number of nitrogens with zero attached hydrogens (tertiary/aromatic N) is 2. The third-order valence-electron chi connectivity index (χ3n) is 4.36. The van der Waals surface area contributed by atoms with E-state index in [2.05, 4.69) is 10.3 Å². The van der Waals surface area contributed by atoms with Crippen LogP contribution < -0.4 is 5.32 Å². The Balaban J connectivity index is 1.95. The van der Waals surface area contributed by atoms with Crippen molar-refractivity contribution in [2.45, 2.75) is 38.9 Å². The molecule has 0 aliphatic heterocycles. The number of hydrogen-bond acceptors (Lipinski definition) is 5. The zero-order valence-electron chi connectivity index (χ0n) is 12.2. The Kier molecular flexibility index (Phi) is 3.98. The van der Waals surface area contributed by atoms with Gasteiger partial charge in [0.05, 0.1) is 23.6 Å². The van der Waals surface area contributed by atoms with Crippen molar-refractivity contribution < 1.29 is 9.84 Å². The lowest BCUT2D eigenvalue weighted by molar-refractivity contribution is -0.233. The van der Waals surface area contributed by atoms with Gasteiger partial charge in [-0.2, -0.15) is 5.26 Å². The van der Waals surface area contributed by atoms with E-state index in [1.54, 1.807) is 18.3 Å². The SMILES string of the molecule is CCO[C@@H]1C[C@](O)(CNc2ccc(C#N)nc2)C1(C)C. The Morgan fingerprint density at radius 2 is 2.30 bits per heavy atom. The molecule has 1 heterocycles. The first-order valence-electron chi connectivity index (χ1n) is 6.87. The lowest BCUT2D eigenvalue weighted by atomic mass is 9.56. The average Bonchev–Trinajstić information content (AvgIpc) is 2.45. The molecule has 1 fully saturated rings. The van der Waals surface area contributed by atoms with Gasteiger partial charge < -0.3 is 15.2 Å². The van der Waals surface area contributed by atoms with Gasteiger partial charge in [0.2, 0.25) is 0 Å². The smallest absolute Gasteiger partial charge is 0.140 e. The Morgan fingerprint density at radius 1 is 1.55 bits per heavy atom. The molecule has 0 aromatic carbocycles. The van der Waals surface area contributed by atoms with Gasteiger partial charge in [-0.15, -0.1) is 0 Å². The standard InChI is InChI=1S/C15H21N3O2/c1-4-20-13-7-15(19,14(13,2)3)10-18-12-6-5-11(8-16)17-9-12/h5-6,9,13,18-19H,4,7,10H2,1-3H3/t13-,15+/m1/s1. The van der Waals surface area contributed by atoms with Crippen molar-refractivity contribution >= 4 is 5.69 Å². The van der Waals surface area contributed by atoms with Crippen LogP contribution in [0.25, 0.3) is 0 Å². The molecule has 2 N–H and O–H groups in total. The number of aromatic nitrogens is 1. The molecule has 1 aliphatic rings. The molecule has 0 spiro atoms. The Morgan fingerprint density at radius 3 is 2.80 bits per heavy atom. The van der Waals surface area contributed by atoms with Crippen LogP contribution in [-0.2, 0) is 4.74 Å². The Labute approximate surface area is 119 Å². The zero-order chi connectivity index (χ0) is 14.8. The van der Waals surface area contributed by atoms with Gasteiger partial charge in [-0.1, -0.05) is 13.8 Å². The van der Waals surface area contributed by atoms with Crippen molar-refractivity contribution in [2.75, 3.05) is 18.5 Å². The highest BCUT2D eigenvalue weighted by atomic mass is 16.5. The van der Waals surface area contributed by atoms with Crippen molar-refractivity contribution in [1.82, 2.24) is 4.98 Å². The summed E-state index contributed by atoms with van der Waals surface area (Å²) >= 11 is 0. The second kappa shape index (κ2) is 5.39. The molecule has 0 radical (unpaired) electrons. The largest absolute Gasteiger partial charge is 0.387 e. The minimum Gasteiger partial charge on any atom is -0.387 e. The summed E-state index contributed by atoms with van der Waals surface area (Å²) in [6.45, 7) is 7.12. The van der Waals surface area contributed by atoms with E-state index in [4.69, 9.17) is 10.00 Å². The van der Waals surface area contributed by atoms with Gasteiger partial charge in [0.25, 0.3) is 0 Å². The predicted octanol–water partition coefficient (Wildman–Crippen LogP) is 1.93. The van der Waals surface area contributed by atoms with Crippen LogP contribution in [0.2, 0.25) is 0 Å². The summed E-state index contributed by atoms with van der Waals surface area (Å²) in [5.41, 5.74) is 0.110. The molecule has 1 saturated carbocycles. The summed E-state index contributed by atoms with van der Waals surface area (Å²) in [7, 11) is 0. The van der Waals surface area contributed by atoms with E-state index in [0.29, 0.717) is 25.3 Å². The highest BCUT2D eigenvalue weighted by Gasteiger charge is 2.59. The monoisotopic (exact) mass is 275 g/mol.